The van der Waals surface area contributed by atoms with E-state index in [1.165, 1.54) is 38.5 Å². The van der Waals surface area contributed by atoms with E-state index in [0.29, 0.717) is 17.3 Å². The zero-order chi connectivity index (χ0) is 22.1. The molecule has 0 fully saturated rings. The summed E-state index contributed by atoms with van der Waals surface area (Å²) in [7, 11) is 2.44. The van der Waals surface area contributed by atoms with Gasteiger partial charge in [0.15, 0.2) is 5.16 Å². The Morgan fingerprint density at radius 1 is 1.13 bits per heavy atom. The molecule has 9 nitrogen and oxygen atoms in total. The first-order chi connectivity index (χ1) is 14.4. The number of H-pyrrole nitrogens is 1. The van der Waals surface area contributed by atoms with Gasteiger partial charge < -0.3 is 19.8 Å². The fraction of sp³-hybridized carbons (Fsp3) is 0.350. The second-order valence-electron chi connectivity index (χ2n) is 6.23. The van der Waals surface area contributed by atoms with Gasteiger partial charge in [0.1, 0.15) is 0 Å². The summed E-state index contributed by atoms with van der Waals surface area (Å²) in [6.07, 6.45) is 2.57. The zero-order valence-electron chi connectivity index (χ0n) is 16.9. The van der Waals surface area contributed by atoms with Crippen molar-refractivity contribution in [1.82, 2.24) is 9.97 Å². The highest BCUT2D eigenvalue weighted by molar-refractivity contribution is 7.99. The summed E-state index contributed by atoms with van der Waals surface area (Å²) in [6.45, 7) is 2.05. The lowest BCUT2D eigenvalue weighted by Gasteiger charge is -2.11. The van der Waals surface area contributed by atoms with Crippen LogP contribution in [0.2, 0.25) is 0 Å². The Morgan fingerprint density at radius 2 is 1.87 bits per heavy atom. The number of aromatic amines is 1. The Balaban J connectivity index is 2.14. The van der Waals surface area contributed by atoms with Crippen LogP contribution >= 0.6 is 11.8 Å². The molecule has 0 spiro atoms. The van der Waals surface area contributed by atoms with Crippen LogP contribution in [-0.2, 0) is 20.7 Å². The summed E-state index contributed by atoms with van der Waals surface area (Å²) in [6, 6.07) is 5.56. The van der Waals surface area contributed by atoms with Crippen LogP contribution in [0.5, 0.6) is 0 Å². The minimum atomic E-state index is -0.663. The van der Waals surface area contributed by atoms with Crippen molar-refractivity contribution in [3.8, 4) is 0 Å². The number of methoxy groups -OCH3 is 2. The lowest BCUT2D eigenvalue weighted by molar-refractivity contribution is -0.113. The zero-order valence-corrected chi connectivity index (χ0v) is 17.8. The number of aryl methyl sites for hydroxylation is 1. The number of aromatic nitrogens is 2. The van der Waals surface area contributed by atoms with E-state index in [9.17, 15) is 19.2 Å². The van der Waals surface area contributed by atoms with Crippen LogP contribution in [0.1, 0.15) is 46.2 Å². The molecule has 0 unspecified atom stereocenters. The first-order valence-corrected chi connectivity index (χ1v) is 10.2. The van der Waals surface area contributed by atoms with Gasteiger partial charge in [0, 0.05) is 11.8 Å². The van der Waals surface area contributed by atoms with Crippen molar-refractivity contribution in [2.24, 2.45) is 0 Å². The quantitative estimate of drug-likeness (QED) is 0.351. The van der Waals surface area contributed by atoms with E-state index in [1.54, 1.807) is 0 Å². The molecule has 2 N–H and O–H groups in total. The third-order valence-electron chi connectivity index (χ3n) is 4.02. The SMILES string of the molecule is CCCCc1cc(=O)[nH]c(SCC(=O)Nc2cc(C(=O)OC)ccc2C(=O)OC)n1. The van der Waals surface area contributed by atoms with Crippen molar-refractivity contribution in [2.45, 2.75) is 31.3 Å². The normalized spacial score (nSPS) is 10.4. The fourth-order valence-electron chi connectivity index (χ4n) is 2.54. The van der Waals surface area contributed by atoms with Crippen molar-refractivity contribution in [1.29, 1.82) is 0 Å². The van der Waals surface area contributed by atoms with Gasteiger partial charge in [-0.25, -0.2) is 14.6 Å². The number of anilines is 1. The van der Waals surface area contributed by atoms with Crippen molar-refractivity contribution in [2.75, 3.05) is 25.3 Å². The van der Waals surface area contributed by atoms with Gasteiger partial charge in [0.05, 0.1) is 36.8 Å². The molecule has 0 saturated heterocycles. The maximum Gasteiger partial charge on any atom is 0.339 e. The first kappa shape index (κ1) is 23.1. The summed E-state index contributed by atoms with van der Waals surface area (Å²) in [4.78, 5) is 54.9. The average molecular weight is 433 g/mol. The van der Waals surface area contributed by atoms with Crippen molar-refractivity contribution in [3.63, 3.8) is 0 Å². The summed E-state index contributed by atoms with van der Waals surface area (Å²) in [5.41, 5.74) is 0.771. The number of carbonyl (C=O) groups is 3. The van der Waals surface area contributed by atoms with Crippen LogP contribution in [0.3, 0.4) is 0 Å². The highest BCUT2D eigenvalue weighted by atomic mass is 32.2. The van der Waals surface area contributed by atoms with Gasteiger partial charge in [-0.15, -0.1) is 0 Å². The third-order valence-corrected chi connectivity index (χ3v) is 4.89. The van der Waals surface area contributed by atoms with E-state index in [0.717, 1.165) is 24.6 Å². The van der Waals surface area contributed by atoms with Crippen LogP contribution < -0.4 is 10.9 Å². The van der Waals surface area contributed by atoms with Crippen LogP contribution in [0.25, 0.3) is 0 Å². The van der Waals surface area contributed by atoms with Gasteiger partial charge in [-0.2, -0.15) is 0 Å². The minimum absolute atomic E-state index is 0.0662. The third kappa shape index (κ3) is 6.45. The molecule has 30 heavy (non-hydrogen) atoms. The summed E-state index contributed by atoms with van der Waals surface area (Å²) < 4.78 is 9.38. The molecule has 0 radical (unpaired) electrons. The van der Waals surface area contributed by atoms with E-state index >= 15 is 0 Å². The first-order valence-electron chi connectivity index (χ1n) is 9.21. The number of nitrogens with one attached hydrogen (secondary N) is 2. The number of hydrogen-bond donors (Lipinski definition) is 2. The Bertz CT molecular complexity index is 989. The lowest BCUT2D eigenvalue weighted by Crippen LogP contribution is -2.19. The molecule has 0 saturated carbocycles. The molecule has 0 bridgehead atoms. The number of esters is 2. The standard InChI is InChI=1S/C20H23N3O6S/c1-4-5-6-13-10-16(24)23-20(21-13)30-11-17(25)22-15-9-12(18(26)28-2)7-8-14(15)19(27)29-3/h7-10H,4-6,11H2,1-3H3,(H,22,25)(H,21,23,24). The molecule has 1 heterocycles. The molecule has 0 aliphatic carbocycles. The predicted octanol–water partition coefficient (Wildman–Crippen LogP) is 2.42. The number of nitrogens with zero attached hydrogens (tertiary/aromatic N) is 1. The summed E-state index contributed by atoms with van der Waals surface area (Å²) in [5, 5.41) is 2.92. The molecular weight excluding hydrogens is 410 g/mol. The van der Waals surface area contributed by atoms with E-state index in [-0.39, 0.29) is 28.1 Å². The number of amides is 1. The van der Waals surface area contributed by atoms with Crippen molar-refractivity contribution >= 4 is 35.3 Å². The van der Waals surface area contributed by atoms with Gasteiger partial charge in [-0.05, 0) is 31.0 Å². The molecule has 2 rings (SSSR count). The van der Waals surface area contributed by atoms with Crippen LogP contribution in [-0.4, -0.2) is 47.8 Å². The molecule has 0 aliphatic heterocycles. The Kier molecular flexibility index (Phi) is 8.60. The number of benzene rings is 1. The molecule has 160 valence electrons. The van der Waals surface area contributed by atoms with Gasteiger partial charge in [0.25, 0.3) is 5.56 Å². The van der Waals surface area contributed by atoms with E-state index in [2.05, 4.69) is 20.0 Å². The second kappa shape index (κ2) is 11.1. The van der Waals surface area contributed by atoms with Crippen LogP contribution in [0.15, 0.2) is 34.2 Å². The fourth-order valence-corrected chi connectivity index (χ4v) is 3.23. The molecule has 0 atom stereocenters. The Morgan fingerprint density at radius 3 is 2.53 bits per heavy atom. The average Bonchev–Trinajstić information content (AvgIpc) is 2.74. The number of carbonyl (C=O) groups excluding carboxylic acids is 3. The number of unbranched alkanes of at least 4 members (excludes halogenated alkanes) is 1. The van der Waals surface area contributed by atoms with Gasteiger partial charge in [-0.1, -0.05) is 25.1 Å². The number of hydrogen-bond acceptors (Lipinski definition) is 8. The monoisotopic (exact) mass is 433 g/mol. The van der Waals surface area contributed by atoms with Crippen molar-refractivity contribution < 1.29 is 23.9 Å². The summed E-state index contributed by atoms with van der Waals surface area (Å²) in [5.74, 6) is -1.79. The number of rotatable bonds is 9. The van der Waals surface area contributed by atoms with E-state index < -0.39 is 17.8 Å². The lowest BCUT2D eigenvalue weighted by atomic mass is 10.1. The number of ether oxygens (including phenoxy) is 2. The van der Waals surface area contributed by atoms with Crippen LogP contribution in [0, 0.1) is 0 Å². The Hall–Kier alpha value is -3.14. The van der Waals surface area contributed by atoms with Gasteiger partial charge >= 0.3 is 11.9 Å². The molecule has 0 aliphatic rings. The molecular formula is C20H23N3O6S. The van der Waals surface area contributed by atoms with E-state index in [1.807, 2.05) is 6.92 Å². The molecule has 1 aromatic carbocycles. The topological polar surface area (TPSA) is 127 Å². The summed E-state index contributed by atoms with van der Waals surface area (Å²) >= 11 is 1.06. The Labute approximate surface area is 177 Å². The highest BCUT2D eigenvalue weighted by Gasteiger charge is 2.17. The van der Waals surface area contributed by atoms with Crippen molar-refractivity contribution in [3.05, 3.63) is 51.4 Å². The molecule has 1 aromatic heterocycles. The van der Waals surface area contributed by atoms with E-state index in [4.69, 9.17) is 4.74 Å². The molecule has 10 heteroatoms. The smallest absolute Gasteiger partial charge is 0.339 e. The van der Waals surface area contributed by atoms with Crippen LogP contribution in [0.4, 0.5) is 5.69 Å². The minimum Gasteiger partial charge on any atom is -0.465 e. The maximum atomic E-state index is 12.4. The van der Waals surface area contributed by atoms with Gasteiger partial charge in [-0.3, -0.25) is 9.59 Å². The predicted molar refractivity (Wildman–Crippen MR) is 112 cm³/mol. The largest absolute Gasteiger partial charge is 0.465 e. The maximum absolute atomic E-state index is 12.4. The molecule has 1 amide bonds. The highest BCUT2D eigenvalue weighted by Crippen LogP contribution is 2.21. The second-order valence-corrected chi connectivity index (χ2v) is 7.19. The molecule has 2 aromatic rings. The van der Waals surface area contributed by atoms with Gasteiger partial charge in [0.2, 0.25) is 5.91 Å². The number of thioether (sulfide) groups is 1.